The molecule has 1 unspecified atom stereocenters. The van der Waals surface area contributed by atoms with Gasteiger partial charge in [-0.2, -0.15) is 0 Å². The second-order valence-corrected chi connectivity index (χ2v) is 6.62. The van der Waals surface area contributed by atoms with E-state index in [0.717, 1.165) is 0 Å². The van der Waals surface area contributed by atoms with E-state index in [4.69, 9.17) is 62.7 Å². The van der Waals surface area contributed by atoms with Crippen molar-refractivity contribution in [2.24, 2.45) is 5.92 Å². The summed E-state index contributed by atoms with van der Waals surface area (Å²) in [6.45, 7) is 7.45. The van der Waals surface area contributed by atoms with Crippen molar-refractivity contribution in [2.45, 2.75) is 26.8 Å². The molecular weight excluding hydrogens is 363 g/mol. The fourth-order valence-electron chi connectivity index (χ4n) is 1.39. The van der Waals surface area contributed by atoms with Crippen LogP contribution in [0.15, 0.2) is 0 Å². The molecule has 1 aromatic carbocycles. The highest BCUT2D eigenvalue weighted by atomic mass is 35.5. The molecule has 0 bridgehead atoms. The van der Waals surface area contributed by atoms with Gasteiger partial charge < -0.3 is 10.1 Å². The molecule has 114 valence electrons. The van der Waals surface area contributed by atoms with Crippen LogP contribution in [0.25, 0.3) is 0 Å². The maximum Gasteiger partial charge on any atom is 0.159 e. The lowest BCUT2D eigenvalue weighted by Gasteiger charge is -2.18. The van der Waals surface area contributed by atoms with E-state index in [1.807, 2.05) is 0 Å². The first-order valence-electron chi connectivity index (χ1n) is 6.15. The summed E-state index contributed by atoms with van der Waals surface area (Å²) in [5.41, 5.74) is 0. The number of hydrogen-bond donors (Lipinski definition) is 1. The summed E-state index contributed by atoms with van der Waals surface area (Å²) < 4.78 is 5.56. The van der Waals surface area contributed by atoms with Crippen LogP contribution in [0.3, 0.4) is 0 Å². The van der Waals surface area contributed by atoms with Gasteiger partial charge >= 0.3 is 0 Å². The van der Waals surface area contributed by atoms with Gasteiger partial charge in [-0.3, -0.25) is 0 Å². The monoisotopic (exact) mass is 377 g/mol. The second-order valence-electron chi connectivity index (χ2n) is 4.73. The van der Waals surface area contributed by atoms with E-state index in [1.165, 1.54) is 0 Å². The summed E-state index contributed by atoms with van der Waals surface area (Å²) in [4.78, 5) is 0. The predicted molar refractivity (Wildman–Crippen MR) is 89.3 cm³/mol. The molecule has 1 N–H and O–H groups in total. The Morgan fingerprint density at radius 1 is 0.850 bits per heavy atom. The van der Waals surface area contributed by atoms with E-state index >= 15 is 0 Å². The Labute approximate surface area is 144 Å². The van der Waals surface area contributed by atoms with Crippen molar-refractivity contribution >= 4 is 58.0 Å². The largest absolute Gasteiger partial charge is 0.489 e. The number of rotatable bonds is 6. The lowest BCUT2D eigenvalue weighted by atomic mass is 10.1. The Bertz CT molecular complexity index is 449. The topological polar surface area (TPSA) is 21.3 Å². The quantitative estimate of drug-likeness (QED) is 0.374. The SMILES string of the molecule is CC(C)C(C)NCCOc1c(Cl)c(Cl)c(Cl)c(Cl)c1Cl. The van der Waals surface area contributed by atoms with Crippen LogP contribution in [0, 0.1) is 5.92 Å². The average Bonchev–Trinajstić information content (AvgIpc) is 2.41. The van der Waals surface area contributed by atoms with Crippen molar-refractivity contribution in [3.05, 3.63) is 25.1 Å². The zero-order valence-corrected chi connectivity index (χ0v) is 15.1. The maximum absolute atomic E-state index is 6.06. The molecule has 0 saturated carbocycles. The number of ether oxygens (including phenoxy) is 1. The van der Waals surface area contributed by atoms with E-state index in [0.29, 0.717) is 25.1 Å². The highest BCUT2D eigenvalue weighted by molar-refractivity contribution is 6.55. The molecule has 0 fully saturated rings. The normalized spacial score (nSPS) is 12.8. The van der Waals surface area contributed by atoms with Crippen LogP contribution in [-0.4, -0.2) is 19.2 Å². The minimum atomic E-state index is 0.127. The lowest BCUT2D eigenvalue weighted by Crippen LogP contribution is -2.33. The molecule has 7 heteroatoms. The van der Waals surface area contributed by atoms with Gasteiger partial charge in [-0.15, -0.1) is 0 Å². The van der Waals surface area contributed by atoms with Crippen LogP contribution in [-0.2, 0) is 0 Å². The zero-order chi connectivity index (χ0) is 15.4. The van der Waals surface area contributed by atoms with Gasteiger partial charge in [0.25, 0.3) is 0 Å². The summed E-state index contributed by atoms with van der Waals surface area (Å²) in [7, 11) is 0. The maximum atomic E-state index is 6.06. The van der Waals surface area contributed by atoms with Crippen molar-refractivity contribution in [3.63, 3.8) is 0 Å². The first kappa shape index (κ1) is 18.5. The lowest BCUT2D eigenvalue weighted by molar-refractivity contribution is 0.297. The van der Waals surface area contributed by atoms with Crippen LogP contribution >= 0.6 is 58.0 Å². The minimum Gasteiger partial charge on any atom is -0.489 e. The average molecular weight is 380 g/mol. The van der Waals surface area contributed by atoms with Crippen LogP contribution in [0.1, 0.15) is 20.8 Å². The van der Waals surface area contributed by atoms with Crippen molar-refractivity contribution in [1.82, 2.24) is 5.32 Å². The summed E-state index contributed by atoms with van der Waals surface area (Å²) in [5, 5.41) is 4.07. The third-order valence-electron chi connectivity index (χ3n) is 2.98. The highest BCUT2D eigenvalue weighted by Crippen LogP contribution is 2.48. The molecule has 0 aliphatic heterocycles. The molecular formula is C13H16Cl5NO. The van der Waals surface area contributed by atoms with Crippen molar-refractivity contribution in [1.29, 1.82) is 0 Å². The van der Waals surface area contributed by atoms with Gasteiger partial charge in [-0.05, 0) is 12.8 Å². The molecule has 0 heterocycles. The van der Waals surface area contributed by atoms with Gasteiger partial charge in [0.2, 0.25) is 0 Å². The Balaban J connectivity index is 2.70. The van der Waals surface area contributed by atoms with Crippen LogP contribution in [0.2, 0.25) is 25.1 Å². The molecule has 0 aliphatic rings. The Morgan fingerprint density at radius 3 is 1.75 bits per heavy atom. The van der Waals surface area contributed by atoms with E-state index in [2.05, 4.69) is 26.1 Å². The van der Waals surface area contributed by atoms with E-state index in [9.17, 15) is 0 Å². The molecule has 20 heavy (non-hydrogen) atoms. The molecule has 0 aromatic heterocycles. The van der Waals surface area contributed by atoms with E-state index < -0.39 is 0 Å². The van der Waals surface area contributed by atoms with Crippen molar-refractivity contribution < 1.29 is 4.74 Å². The fraction of sp³-hybridized carbons (Fsp3) is 0.538. The predicted octanol–water partition coefficient (Wildman–Crippen LogP) is 5.97. The Morgan fingerprint density at radius 2 is 1.30 bits per heavy atom. The first-order valence-corrected chi connectivity index (χ1v) is 8.04. The smallest absolute Gasteiger partial charge is 0.159 e. The molecule has 2 nitrogen and oxygen atoms in total. The summed E-state index contributed by atoms with van der Waals surface area (Å²) in [5.74, 6) is 0.799. The summed E-state index contributed by atoms with van der Waals surface area (Å²) in [6, 6.07) is 0.391. The van der Waals surface area contributed by atoms with Gasteiger partial charge in [0.15, 0.2) is 5.75 Å². The van der Waals surface area contributed by atoms with Gasteiger partial charge in [0.05, 0.1) is 15.1 Å². The molecule has 0 spiro atoms. The van der Waals surface area contributed by atoms with Crippen LogP contribution < -0.4 is 10.1 Å². The number of nitrogens with one attached hydrogen (secondary N) is 1. The highest BCUT2D eigenvalue weighted by Gasteiger charge is 2.20. The van der Waals surface area contributed by atoms with Gasteiger partial charge in [0, 0.05) is 12.6 Å². The van der Waals surface area contributed by atoms with Crippen LogP contribution in [0.4, 0.5) is 0 Å². The first-order chi connectivity index (χ1) is 9.27. The fourth-order valence-corrected chi connectivity index (χ4v) is 2.62. The molecule has 1 rings (SSSR count). The second kappa shape index (κ2) is 8.17. The summed E-state index contributed by atoms with van der Waals surface area (Å²) in [6.07, 6.45) is 0. The molecule has 1 atom stereocenters. The Kier molecular flexibility index (Phi) is 7.54. The van der Waals surface area contributed by atoms with Crippen LogP contribution in [0.5, 0.6) is 5.75 Å². The number of benzene rings is 1. The summed E-state index contributed by atoms with van der Waals surface area (Å²) >= 11 is 29.9. The third kappa shape index (κ3) is 4.46. The molecule has 0 radical (unpaired) electrons. The van der Waals surface area contributed by atoms with E-state index in [1.54, 1.807) is 0 Å². The molecule has 1 aromatic rings. The van der Waals surface area contributed by atoms with Gasteiger partial charge in [0.1, 0.15) is 16.7 Å². The van der Waals surface area contributed by atoms with Gasteiger partial charge in [-0.1, -0.05) is 71.9 Å². The molecule has 0 aliphatic carbocycles. The minimum absolute atomic E-state index is 0.127. The van der Waals surface area contributed by atoms with E-state index in [-0.39, 0.29) is 30.9 Å². The number of halogens is 5. The third-order valence-corrected chi connectivity index (χ3v) is 5.23. The molecule has 0 saturated heterocycles. The van der Waals surface area contributed by atoms with Crippen molar-refractivity contribution in [2.75, 3.05) is 13.2 Å². The molecule has 0 amide bonds. The standard InChI is InChI=1S/C13H16Cl5NO/c1-6(2)7(3)19-4-5-20-13-11(17)9(15)8(14)10(16)12(13)18/h6-7,19H,4-5H2,1-3H3. The van der Waals surface area contributed by atoms with Gasteiger partial charge in [-0.25, -0.2) is 0 Å². The zero-order valence-electron chi connectivity index (χ0n) is 11.4. The number of hydrogen-bond acceptors (Lipinski definition) is 2. The van der Waals surface area contributed by atoms with Crippen molar-refractivity contribution in [3.8, 4) is 5.75 Å². The Hall–Kier alpha value is 0.430.